The monoisotopic (exact) mass is 187 g/mol. The summed E-state index contributed by atoms with van der Waals surface area (Å²) in [4.78, 5) is 10.9. The third-order valence-corrected chi connectivity index (χ3v) is 2.26. The number of carboxylic acids is 1. The smallest absolute Gasteiger partial charge is 0.344 e. The molecule has 0 saturated carbocycles. The normalized spacial score (nSPS) is 16.9. The number of amidine groups is 1. The quantitative estimate of drug-likeness (QED) is 0.577. The minimum Gasteiger partial charge on any atom is -0.477 e. The highest BCUT2D eigenvalue weighted by atomic mass is 32.2. The van der Waals surface area contributed by atoms with Crippen LogP contribution in [-0.4, -0.2) is 16.2 Å². The van der Waals surface area contributed by atoms with Gasteiger partial charge in [0.1, 0.15) is 4.91 Å². The maximum atomic E-state index is 10.6. The number of hydrazone groups is 1. The molecule has 12 heavy (non-hydrogen) atoms. The van der Waals surface area contributed by atoms with E-state index in [2.05, 4.69) is 10.5 Å². The van der Waals surface area contributed by atoms with Crippen LogP contribution in [0.5, 0.6) is 0 Å². The van der Waals surface area contributed by atoms with E-state index >= 15 is 0 Å². The van der Waals surface area contributed by atoms with Gasteiger partial charge >= 0.3 is 5.97 Å². The maximum absolute atomic E-state index is 10.6. The molecule has 0 radical (unpaired) electrons. The van der Waals surface area contributed by atoms with Crippen LogP contribution in [0.4, 0.5) is 0 Å². The van der Waals surface area contributed by atoms with Gasteiger partial charge in [-0.3, -0.25) is 5.43 Å². The highest BCUT2D eigenvalue weighted by Gasteiger charge is 2.19. The van der Waals surface area contributed by atoms with E-state index in [-0.39, 0.29) is 10.1 Å². The number of carboxylic acid groups (broad SMARTS) is 1. The number of nitrogens with two attached hydrogens (primary N) is 1. The van der Waals surface area contributed by atoms with Crippen molar-refractivity contribution in [3.05, 3.63) is 10.6 Å². The molecule has 66 valence electrons. The largest absolute Gasteiger partial charge is 0.477 e. The molecule has 6 heteroatoms. The van der Waals surface area contributed by atoms with Gasteiger partial charge in [0, 0.05) is 0 Å². The summed E-state index contributed by atoms with van der Waals surface area (Å²) in [7, 11) is 0. The number of thioether (sulfide) groups is 1. The summed E-state index contributed by atoms with van der Waals surface area (Å²) in [6.45, 7) is 1.85. The minimum atomic E-state index is -0.970. The lowest BCUT2D eigenvalue weighted by Gasteiger charge is -2.14. The predicted molar refractivity (Wildman–Crippen MR) is 47.3 cm³/mol. The average molecular weight is 187 g/mol. The molecule has 5 nitrogen and oxygen atoms in total. The standard InChI is InChI=1S/C6H9N3O2S/c1-2-3-4(5(10)11)12-6(7)9-8-3/h8H,2H2,1H3,(H2,7,9)(H,10,11). The molecule has 0 aromatic heterocycles. The Hall–Kier alpha value is -1.17. The molecule has 0 saturated heterocycles. The van der Waals surface area contributed by atoms with Crippen LogP contribution in [0.3, 0.4) is 0 Å². The fraction of sp³-hybridized carbons (Fsp3) is 0.333. The van der Waals surface area contributed by atoms with Crippen molar-refractivity contribution >= 4 is 22.9 Å². The third-order valence-electron chi connectivity index (χ3n) is 1.33. The number of hydrogen-bond acceptors (Lipinski definition) is 5. The van der Waals surface area contributed by atoms with Gasteiger partial charge in [-0.2, -0.15) is 5.10 Å². The molecule has 1 aliphatic rings. The Morgan fingerprint density at radius 2 is 2.50 bits per heavy atom. The second kappa shape index (κ2) is 3.48. The Kier molecular flexibility index (Phi) is 2.59. The summed E-state index contributed by atoms with van der Waals surface area (Å²) in [5, 5.41) is 12.7. The lowest BCUT2D eigenvalue weighted by molar-refractivity contribution is -0.131. The van der Waals surface area contributed by atoms with Gasteiger partial charge in [0.25, 0.3) is 0 Å². The Morgan fingerprint density at radius 3 is 3.00 bits per heavy atom. The second-order valence-electron chi connectivity index (χ2n) is 2.13. The van der Waals surface area contributed by atoms with E-state index in [1.54, 1.807) is 0 Å². The first-order valence-corrected chi connectivity index (χ1v) is 4.20. The second-order valence-corrected chi connectivity index (χ2v) is 3.16. The molecule has 0 bridgehead atoms. The van der Waals surface area contributed by atoms with Crippen LogP contribution in [0.2, 0.25) is 0 Å². The van der Waals surface area contributed by atoms with Crippen LogP contribution in [0, 0.1) is 0 Å². The van der Waals surface area contributed by atoms with Crippen molar-refractivity contribution in [1.82, 2.24) is 5.43 Å². The topological polar surface area (TPSA) is 87.7 Å². The molecule has 0 aliphatic carbocycles. The van der Waals surface area contributed by atoms with Crippen LogP contribution >= 0.6 is 11.8 Å². The van der Waals surface area contributed by atoms with E-state index in [1.165, 1.54) is 0 Å². The summed E-state index contributed by atoms with van der Waals surface area (Å²) in [6, 6.07) is 0. The van der Waals surface area contributed by atoms with Gasteiger partial charge in [-0.05, 0) is 18.2 Å². The molecule has 0 spiro atoms. The first kappa shape index (κ1) is 8.92. The molecule has 0 atom stereocenters. The number of aliphatic carboxylic acids is 1. The molecule has 1 heterocycles. The van der Waals surface area contributed by atoms with Crippen LogP contribution in [0.25, 0.3) is 0 Å². The zero-order chi connectivity index (χ0) is 9.14. The molecule has 1 aliphatic heterocycles. The molecule has 0 amide bonds. The van der Waals surface area contributed by atoms with E-state index < -0.39 is 5.97 Å². The van der Waals surface area contributed by atoms with Crippen molar-refractivity contribution in [2.24, 2.45) is 10.8 Å². The Balaban J connectivity index is 2.88. The van der Waals surface area contributed by atoms with Gasteiger partial charge in [-0.15, -0.1) is 0 Å². The van der Waals surface area contributed by atoms with Gasteiger partial charge in [-0.1, -0.05) is 6.92 Å². The molecule has 0 aromatic rings. The number of carbonyl (C=O) groups is 1. The number of rotatable bonds is 2. The summed E-state index contributed by atoms with van der Waals surface area (Å²) < 4.78 is 0. The van der Waals surface area contributed by atoms with Gasteiger partial charge in [-0.25, -0.2) is 4.79 Å². The van der Waals surface area contributed by atoms with Gasteiger partial charge < -0.3 is 10.8 Å². The van der Waals surface area contributed by atoms with Crippen LogP contribution in [0.1, 0.15) is 13.3 Å². The molecule has 0 aromatic carbocycles. The van der Waals surface area contributed by atoms with Crippen molar-refractivity contribution in [3.8, 4) is 0 Å². The Morgan fingerprint density at radius 1 is 1.83 bits per heavy atom. The molecular formula is C6H9N3O2S. The molecule has 0 fully saturated rings. The number of nitrogens with one attached hydrogen (secondary N) is 1. The van der Waals surface area contributed by atoms with Crippen molar-refractivity contribution in [2.75, 3.05) is 0 Å². The average Bonchev–Trinajstić information content (AvgIpc) is 2.04. The van der Waals surface area contributed by atoms with Crippen molar-refractivity contribution in [2.45, 2.75) is 13.3 Å². The fourth-order valence-corrected chi connectivity index (χ4v) is 1.48. The Labute approximate surface area is 73.7 Å². The molecule has 4 N–H and O–H groups in total. The summed E-state index contributed by atoms with van der Waals surface area (Å²) in [6.07, 6.45) is 0.603. The molecule has 1 rings (SSSR count). The van der Waals surface area contributed by atoms with E-state index in [1.807, 2.05) is 6.92 Å². The fourth-order valence-electron chi connectivity index (χ4n) is 0.775. The van der Waals surface area contributed by atoms with E-state index in [0.717, 1.165) is 11.8 Å². The summed E-state index contributed by atoms with van der Waals surface area (Å²) >= 11 is 0.972. The zero-order valence-electron chi connectivity index (χ0n) is 6.50. The van der Waals surface area contributed by atoms with Gasteiger partial charge in [0.05, 0.1) is 5.70 Å². The number of allylic oxidation sites excluding steroid dienone is 1. The predicted octanol–water partition coefficient (Wildman–Crippen LogP) is 0.259. The van der Waals surface area contributed by atoms with E-state index in [9.17, 15) is 4.79 Å². The Bertz CT molecular complexity index is 272. The number of nitrogens with zero attached hydrogens (tertiary/aromatic N) is 1. The summed E-state index contributed by atoms with van der Waals surface area (Å²) in [5.74, 6) is -0.970. The first-order valence-electron chi connectivity index (χ1n) is 3.38. The zero-order valence-corrected chi connectivity index (χ0v) is 7.31. The van der Waals surface area contributed by atoms with Crippen molar-refractivity contribution in [1.29, 1.82) is 0 Å². The van der Waals surface area contributed by atoms with Crippen molar-refractivity contribution in [3.63, 3.8) is 0 Å². The molecule has 0 unspecified atom stereocenters. The highest BCUT2D eigenvalue weighted by molar-refractivity contribution is 8.17. The first-order chi connectivity index (χ1) is 5.65. The maximum Gasteiger partial charge on any atom is 0.344 e. The van der Waals surface area contributed by atoms with Gasteiger partial charge in [0.15, 0.2) is 5.17 Å². The van der Waals surface area contributed by atoms with Crippen LogP contribution < -0.4 is 11.2 Å². The lowest BCUT2D eigenvalue weighted by Crippen LogP contribution is -2.23. The minimum absolute atomic E-state index is 0.226. The molecular weight excluding hydrogens is 178 g/mol. The lowest BCUT2D eigenvalue weighted by atomic mass is 10.3. The van der Waals surface area contributed by atoms with Crippen LogP contribution in [0.15, 0.2) is 15.7 Å². The SMILES string of the molecule is CCC1=C(C(=O)O)SC(N)=NN1. The summed E-state index contributed by atoms with van der Waals surface area (Å²) in [5.41, 5.74) is 8.52. The van der Waals surface area contributed by atoms with Crippen LogP contribution in [-0.2, 0) is 4.79 Å². The third kappa shape index (κ3) is 1.70. The number of hydrogen-bond donors (Lipinski definition) is 3. The van der Waals surface area contributed by atoms with Gasteiger partial charge in [0.2, 0.25) is 0 Å². The van der Waals surface area contributed by atoms with Crippen molar-refractivity contribution < 1.29 is 9.90 Å². The van der Waals surface area contributed by atoms with E-state index in [4.69, 9.17) is 10.8 Å². The van der Waals surface area contributed by atoms with E-state index in [0.29, 0.717) is 12.1 Å². The highest BCUT2D eigenvalue weighted by Crippen LogP contribution is 2.23.